The van der Waals surface area contributed by atoms with Gasteiger partial charge in [-0.25, -0.2) is 0 Å². The van der Waals surface area contributed by atoms with E-state index < -0.39 is 0 Å². The van der Waals surface area contributed by atoms with Crippen LogP contribution in [0.5, 0.6) is 0 Å². The molecule has 1 heterocycles. The molecule has 58 heavy (non-hydrogen) atoms. The maximum absolute atomic E-state index is 6.25. The number of nitrogens with zero attached hydrogens (tertiary/aromatic N) is 1. The van der Waals surface area contributed by atoms with E-state index in [2.05, 4.69) is 217 Å². The number of fused-ring (bicyclic) bond motifs is 5. The van der Waals surface area contributed by atoms with Crippen LogP contribution in [-0.4, -0.2) is 0 Å². The molecule has 0 amide bonds. The van der Waals surface area contributed by atoms with Crippen LogP contribution in [0.4, 0.5) is 17.1 Å². The molecule has 0 atom stereocenters. The Labute approximate surface area is 337 Å². The van der Waals surface area contributed by atoms with Gasteiger partial charge in [-0.3, -0.25) is 0 Å². The van der Waals surface area contributed by atoms with Crippen molar-refractivity contribution in [2.24, 2.45) is 0 Å². The van der Waals surface area contributed by atoms with Crippen LogP contribution in [0, 0.1) is 0 Å². The normalized spacial score (nSPS) is 11.4. The first kappa shape index (κ1) is 33.6. The number of benzene rings is 10. The molecule has 1 aromatic heterocycles. The lowest BCUT2D eigenvalue weighted by Crippen LogP contribution is -2.11. The first-order valence-electron chi connectivity index (χ1n) is 19.8. The Morgan fingerprint density at radius 3 is 1.41 bits per heavy atom. The fourth-order valence-electron chi connectivity index (χ4n) is 8.71. The number of rotatable bonds is 7. The average Bonchev–Trinajstić information content (AvgIpc) is 3.69. The van der Waals surface area contributed by atoms with Gasteiger partial charge in [0.2, 0.25) is 0 Å². The van der Waals surface area contributed by atoms with Crippen LogP contribution in [0.2, 0.25) is 0 Å². The molecule has 0 aliphatic rings. The lowest BCUT2D eigenvalue weighted by molar-refractivity contribution is 0.669. The highest BCUT2D eigenvalue weighted by atomic mass is 16.3. The Morgan fingerprint density at radius 1 is 0.276 bits per heavy atom. The highest BCUT2D eigenvalue weighted by molar-refractivity contribution is 6.12. The summed E-state index contributed by atoms with van der Waals surface area (Å²) in [6.45, 7) is 0. The minimum Gasteiger partial charge on any atom is -0.456 e. The Kier molecular flexibility index (Phi) is 8.19. The van der Waals surface area contributed by atoms with Crippen molar-refractivity contribution in [2.45, 2.75) is 0 Å². The van der Waals surface area contributed by atoms with Gasteiger partial charge < -0.3 is 9.32 Å². The van der Waals surface area contributed by atoms with Crippen molar-refractivity contribution in [3.63, 3.8) is 0 Å². The van der Waals surface area contributed by atoms with Crippen LogP contribution in [0.25, 0.3) is 88.0 Å². The van der Waals surface area contributed by atoms with E-state index in [0.29, 0.717) is 0 Å². The number of hydrogen-bond donors (Lipinski definition) is 0. The van der Waals surface area contributed by atoms with Crippen molar-refractivity contribution >= 4 is 60.5 Å². The molecular weight excluding hydrogens is 703 g/mol. The number of hydrogen-bond acceptors (Lipinski definition) is 2. The fourth-order valence-corrected chi connectivity index (χ4v) is 8.71. The molecule has 0 bridgehead atoms. The molecule has 11 rings (SSSR count). The van der Waals surface area contributed by atoms with E-state index in [-0.39, 0.29) is 0 Å². The molecular formula is C56H37NO. The van der Waals surface area contributed by atoms with Gasteiger partial charge in [-0.15, -0.1) is 0 Å². The standard InChI is InChI=1S/C56H37NO/c1-3-16-46-40(12-1)14-9-20-47(46)42-28-26-38(27-29-42)39-30-34-44(35-31-39)57(53-23-7-5-18-51(53)50-22-10-15-41-13-2-4-17-48(41)50)45-36-32-43(33-37-45)49-21-11-25-55-56(49)52-19-6-8-24-54(52)58-55/h1-37H. The number of para-hydroxylation sites is 2. The summed E-state index contributed by atoms with van der Waals surface area (Å²) in [5.41, 5.74) is 14.6. The van der Waals surface area contributed by atoms with E-state index in [1.165, 1.54) is 54.9 Å². The van der Waals surface area contributed by atoms with Crippen molar-refractivity contribution in [1.29, 1.82) is 0 Å². The molecule has 272 valence electrons. The third kappa shape index (κ3) is 5.82. The van der Waals surface area contributed by atoms with Gasteiger partial charge in [0.25, 0.3) is 0 Å². The van der Waals surface area contributed by atoms with Crippen LogP contribution in [-0.2, 0) is 0 Å². The lowest BCUT2D eigenvalue weighted by atomic mass is 9.95. The number of furan rings is 1. The highest BCUT2D eigenvalue weighted by Gasteiger charge is 2.19. The van der Waals surface area contributed by atoms with Gasteiger partial charge in [0.05, 0.1) is 5.69 Å². The van der Waals surface area contributed by atoms with Gasteiger partial charge in [-0.05, 0) is 103 Å². The first-order valence-corrected chi connectivity index (χ1v) is 19.8. The highest BCUT2D eigenvalue weighted by Crippen LogP contribution is 2.44. The monoisotopic (exact) mass is 739 g/mol. The van der Waals surface area contributed by atoms with Gasteiger partial charge in [-0.2, -0.15) is 0 Å². The van der Waals surface area contributed by atoms with E-state index in [1.54, 1.807) is 0 Å². The van der Waals surface area contributed by atoms with Gasteiger partial charge >= 0.3 is 0 Å². The van der Waals surface area contributed by atoms with E-state index >= 15 is 0 Å². The zero-order valence-corrected chi connectivity index (χ0v) is 31.7. The van der Waals surface area contributed by atoms with Crippen LogP contribution in [0.15, 0.2) is 229 Å². The van der Waals surface area contributed by atoms with Crippen molar-refractivity contribution in [2.75, 3.05) is 4.90 Å². The molecule has 0 saturated carbocycles. The zero-order valence-electron chi connectivity index (χ0n) is 31.7. The summed E-state index contributed by atoms with van der Waals surface area (Å²) in [6.07, 6.45) is 0. The minimum absolute atomic E-state index is 0.900. The maximum Gasteiger partial charge on any atom is 0.136 e. The zero-order chi connectivity index (χ0) is 38.4. The van der Waals surface area contributed by atoms with Crippen molar-refractivity contribution < 1.29 is 4.42 Å². The molecule has 0 saturated heterocycles. The molecule has 0 aliphatic carbocycles. The van der Waals surface area contributed by atoms with Crippen molar-refractivity contribution in [3.05, 3.63) is 224 Å². The molecule has 2 nitrogen and oxygen atoms in total. The van der Waals surface area contributed by atoms with Crippen LogP contribution in [0.3, 0.4) is 0 Å². The van der Waals surface area contributed by atoms with Crippen molar-refractivity contribution in [3.8, 4) is 44.5 Å². The summed E-state index contributed by atoms with van der Waals surface area (Å²) in [6, 6.07) is 80.7. The lowest BCUT2D eigenvalue weighted by Gasteiger charge is -2.28. The topological polar surface area (TPSA) is 16.4 Å². The molecule has 2 heteroatoms. The molecule has 10 aromatic carbocycles. The second-order valence-corrected chi connectivity index (χ2v) is 14.9. The van der Waals surface area contributed by atoms with Gasteiger partial charge in [0.15, 0.2) is 0 Å². The third-order valence-electron chi connectivity index (χ3n) is 11.5. The second-order valence-electron chi connectivity index (χ2n) is 14.9. The van der Waals surface area contributed by atoms with E-state index in [4.69, 9.17) is 4.42 Å². The summed E-state index contributed by atoms with van der Waals surface area (Å²) in [7, 11) is 0. The fraction of sp³-hybridized carbons (Fsp3) is 0. The summed E-state index contributed by atoms with van der Waals surface area (Å²) < 4.78 is 6.25. The summed E-state index contributed by atoms with van der Waals surface area (Å²) in [5.74, 6) is 0. The average molecular weight is 740 g/mol. The van der Waals surface area contributed by atoms with Gasteiger partial charge in [0.1, 0.15) is 11.2 Å². The summed E-state index contributed by atoms with van der Waals surface area (Å²) >= 11 is 0. The molecule has 0 unspecified atom stereocenters. The van der Waals surface area contributed by atoms with E-state index in [0.717, 1.165) is 50.1 Å². The Hall–Kier alpha value is -7.68. The van der Waals surface area contributed by atoms with Crippen LogP contribution >= 0.6 is 0 Å². The van der Waals surface area contributed by atoms with E-state index in [9.17, 15) is 0 Å². The summed E-state index contributed by atoms with van der Waals surface area (Å²) in [5, 5.41) is 7.25. The quantitative estimate of drug-likeness (QED) is 0.162. The molecule has 0 spiro atoms. The van der Waals surface area contributed by atoms with Crippen LogP contribution < -0.4 is 4.90 Å². The molecule has 0 fully saturated rings. The Bertz CT molecular complexity index is 3250. The van der Waals surface area contributed by atoms with Gasteiger partial charge in [0, 0.05) is 27.7 Å². The Morgan fingerprint density at radius 2 is 0.707 bits per heavy atom. The van der Waals surface area contributed by atoms with Crippen molar-refractivity contribution in [1.82, 2.24) is 0 Å². The largest absolute Gasteiger partial charge is 0.456 e. The molecule has 11 aromatic rings. The molecule has 0 N–H and O–H groups in total. The minimum atomic E-state index is 0.900. The maximum atomic E-state index is 6.25. The van der Waals surface area contributed by atoms with E-state index in [1.807, 2.05) is 12.1 Å². The predicted octanol–water partition coefficient (Wildman–Crippen LogP) is 16.0. The second kappa shape index (κ2) is 14.1. The SMILES string of the molecule is c1ccc(N(c2ccc(-c3ccc(-c4cccc5ccccc45)cc3)cc2)c2ccc(-c3cccc4oc5ccccc5c34)cc2)c(-c2cccc3ccccc23)c1. The third-order valence-corrected chi connectivity index (χ3v) is 11.5. The smallest absolute Gasteiger partial charge is 0.136 e. The molecule has 0 radical (unpaired) electrons. The van der Waals surface area contributed by atoms with Gasteiger partial charge in [-0.1, -0.05) is 182 Å². The molecule has 0 aliphatic heterocycles. The number of anilines is 3. The predicted molar refractivity (Wildman–Crippen MR) is 245 cm³/mol. The first-order chi connectivity index (χ1) is 28.8. The van der Waals surface area contributed by atoms with Crippen LogP contribution in [0.1, 0.15) is 0 Å². The summed E-state index contributed by atoms with van der Waals surface area (Å²) in [4.78, 5) is 2.39. The Balaban J connectivity index is 1.01.